The standard InChI is InChI=1S/C14H16F3S.BrO4/c1-2-3-4-8-12-10-11-7-5-6-9-13(11)18(12)14(15,16)17;2-1(3,4)5/h5-7,9-10H,2-4,8H2,1H3;/q+1;-1. The fourth-order valence-corrected chi connectivity index (χ4v) is 4.16. The van der Waals surface area contributed by atoms with E-state index >= 15 is 0 Å². The second-order valence-corrected chi connectivity index (χ2v) is 8.36. The second-order valence-electron chi connectivity index (χ2n) is 4.74. The summed E-state index contributed by atoms with van der Waals surface area (Å²) in [6.45, 7) is 2.06. The Hall–Kier alpha value is -0.710. The topological polar surface area (TPSA) is 92.2 Å². The molecule has 0 aliphatic heterocycles. The van der Waals surface area contributed by atoms with Gasteiger partial charge in [-0.25, -0.2) is 0 Å². The van der Waals surface area contributed by atoms with E-state index in [1.54, 1.807) is 30.3 Å². The summed E-state index contributed by atoms with van der Waals surface area (Å²) in [5, 5.41) is 0.740. The van der Waals surface area contributed by atoms with Gasteiger partial charge in [-0.2, -0.15) is 0 Å². The molecule has 0 saturated heterocycles. The van der Waals surface area contributed by atoms with Gasteiger partial charge in [-0.1, -0.05) is 31.9 Å². The Balaban J connectivity index is 0.000000463. The number of hydrogen-bond acceptors (Lipinski definition) is 4. The zero-order chi connectivity index (χ0) is 17.7. The maximum Gasteiger partial charge on any atom is 0.600 e. The van der Waals surface area contributed by atoms with Crippen LogP contribution in [0, 0.1) is 14.1 Å². The first-order chi connectivity index (χ1) is 10.5. The van der Waals surface area contributed by atoms with Gasteiger partial charge in [0, 0.05) is 17.9 Å². The molecular formula is C14H16BrF3O4S. The molecule has 1 aromatic heterocycles. The minimum atomic E-state index is -5.62. The van der Waals surface area contributed by atoms with Crippen molar-refractivity contribution in [2.45, 2.75) is 38.1 Å². The van der Waals surface area contributed by atoms with Gasteiger partial charge in [-0.05, 0) is 18.6 Å². The van der Waals surface area contributed by atoms with Gasteiger partial charge in [0.2, 0.25) is 0 Å². The third kappa shape index (κ3) is 7.15. The minimum absolute atomic E-state index is 0.441. The summed E-state index contributed by atoms with van der Waals surface area (Å²) in [5.74, 6) is 0. The van der Waals surface area contributed by atoms with Gasteiger partial charge in [0.1, 0.15) is 0 Å². The third-order valence-corrected chi connectivity index (χ3v) is 5.10. The summed E-state index contributed by atoms with van der Waals surface area (Å²) in [5.41, 5.74) is -4.15. The van der Waals surface area contributed by atoms with E-state index in [1.807, 2.05) is 0 Å². The van der Waals surface area contributed by atoms with Crippen LogP contribution in [0.3, 0.4) is 0 Å². The lowest BCUT2D eigenvalue weighted by molar-refractivity contribution is -2.00. The van der Waals surface area contributed by atoms with E-state index in [2.05, 4.69) is 6.92 Å². The van der Waals surface area contributed by atoms with Gasteiger partial charge in [-0.15, -0.1) is 13.2 Å². The number of aryl methyl sites for hydroxylation is 1. The Morgan fingerprint density at radius 2 is 1.61 bits per heavy atom. The van der Waals surface area contributed by atoms with Gasteiger partial charge in [0.05, 0.1) is 24.6 Å². The van der Waals surface area contributed by atoms with Crippen molar-refractivity contribution in [3.63, 3.8) is 0 Å². The second kappa shape index (κ2) is 8.41. The molecular weight excluding hydrogens is 401 g/mol. The number of halogens is 4. The van der Waals surface area contributed by atoms with E-state index < -0.39 is 30.1 Å². The van der Waals surface area contributed by atoms with Gasteiger partial charge in [-0.3, -0.25) is 16.8 Å². The summed E-state index contributed by atoms with van der Waals surface area (Å²) >= 11 is -5.62. The summed E-state index contributed by atoms with van der Waals surface area (Å²) in [4.78, 5) is 0.553. The Morgan fingerprint density at radius 3 is 2.13 bits per heavy atom. The number of alkyl halides is 3. The molecule has 0 bridgehead atoms. The monoisotopic (exact) mass is 416 g/mol. The van der Waals surface area contributed by atoms with E-state index in [0.717, 1.165) is 24.6 Å². The van der Waals surface area contributed by atoms with Gasteiger partial charge in [0.25, 0.3) is 0 Å². The SMILES string of the molecule is CCCCCc1cc2ccccc2[s+]1C(F)(F)F.[O-][Br+3]([O-])([O-])[O-]. The molecule has 1 aromatic carbocycles. The van der Waals surface area contributed by atoms with Gasteiger partial charge in [0.15, 0.2) is 9.58 Å². The third-order valence-electron chi connectivity index (χ3n) is 2.98. The van der Waals surface area contributed by atoms with Crippen LogP contribution in [0.2, 0.25) is 0 Å². The molecule has 2 aromatic rings. The van der Waals surface area contributed by atoms with Crippen LogP contribution in [0.25, 0.3) is 10.1 Å². The fourth-order valence-electron chi connectivity index (χ4n) is 2.16. The van der Waals surface area contributed by atoms with E-state index in [-0.39, 0.29) is 0 Å². The van der Waals surface area contributed by atoms with Gasteiger partial charge >= 0.3 is 5.51 Å². The molecule has 0 fully saturated rings. The van der Waals surface area contributed by atoms with Crippen molar-refractivity contribution in [1.29, 1.82) is 0 Å². The summed E-state index contributed by atoms with van der Waals surface area (Å²) in [7, 11) is -1.70. The highest BCUT2D eigenvalue weighted by atomic mass is 80.0. The molecule has 1 atom stereocenters. The minimum Gasteiger partial charge on any atom is -0.264 e. The molecule has 0 spiro atoms. The first kappa shape index (κ1) is 20.3. The lowest BCUT2D eigenvalue weighted by Crippen LogP contribution is -2.68. The zero-order valence-electron chi connectivity index (χ0n) is 12.3. The maximum absolute atomic E-state index is 13.2. The predicted octanol–water partition coefficient (Wildman–Crippen LogP) is 1.04. The van der Waals surface area contributed by atoms with E-state index in [0.29, 0.717) is 16.0 Å². The van der Waals surface area contributed by atoms with Crippen molar-refractivity contribution in [2.75, 3.05) is 0 Å². The smallest absolute Gasteiger partial charge is 0.264 e. The van der Waals surface area contributed by atoms with Crippen molar-refractivity contribution in [2.24, 2.45) is 0 Å². The van der Waals surface area contributed by atoms with Crippen LogP contribution >= 0.6 is 10.5 Å². The molecule has 0 radical (unpaired) electrons. The molecule has 0 amide bonds. The van der Waals surface area contributed by atoms with Crippen molar-refractivity contribution in [3.05, 3.63) is 35.2 Å². The number of thiophene rings is 1. The quantitative estimate of drug-likeness (QED) is 0.549. The normalized spacial score (nSPS) is 13.0. The number of hydrogen-bond donors (Lipinski definition) is 0. The Labute approximate surface area is 138 Å². The Morgan fingerprint density at radius 1 is 1.04 bits per heavy atom. The van der Waals surface area contributed by atoms with Crippen molar-refractivity contribution in [3.8, 4) is 0 Å². The summed E-state index contributed by atoms with van der Waals surface area (Å²) < 4.78 is 74.3. The molecule has 130 valence electrons. The average Bonchev–Trinajstić information content (AvgIpc) is 2.75. The highest BCUT2D eigenvalue weighted by Gasteiger charge is 2.47. The number of fused-ring (bicyclic) bond motifs is 1. The maximum atomic E-state index is 13.2. The highest BCUT2D eigenvalue weighted by molar-refractivity contribution is 7.38. The zero-order valence-corrected chi connectivity index (χ0v) is 14.7. The Bertz CT molecular complexity index is 616. The van der Waals surface area contributed by atoms with Crippen molar-refractivity contribution in [1.82, 2.24) is 0 Å². The molecule has 0 N–H and O–H groups in total. The van der Waals surface area contributed by atoms with Crippen molar-refractivity contribution < 1.29 is 44.1 Å². The molecule has 9 heteroatoms. The van der Waals surface area contributed by atoms with Crippen molar-refractivity contribution >= 4 is 20.6 Å². The van der Waals surface area contributed by atoms with Crippen LogP contribution in [-0.4, -0.2) is 0 Å². The van der Waals surface area contributed by atoms with Crippen LogP contribution in [0.5, 0.6) is 0 Å². The molecule has 0 saturated carbocycles. The molecule has 1 unspecified atom stereocenters. The number of rotatable bonds is 4. The first-order valence-electron chi connectivity index (χ1n) is 6.76. The van der Waals surface area contributed by atoms with E-state index in [9.17, 15) is 13.2 Å². The molecule has 4 nitrogen and oxygen atoms in total. The van der Waals surface area contributed by atoms with Crippen LogP contribution in [0.1, 0.15) is 31.1 Å². The molecule has 0 aliphatic rings. The average molecular weight is 417 g/mol. The lowest BCUT2D eigenvalue weighted by atomic mass is 10.1. The molecule has 0 aliphatic carbocycles. The van der Waals surface area contributed by atoms with Crippen LogP contribution in [0.15, 0.2) is 30.3 Å². The fraction of sp³-hybridized carbons (Fsp3) is 0.429. The van der Waals surface area contributed by atoms with E-state index in [4.69, 9.17) is 16.8 Å². The van der Waals surface area contributed by atoms with Crippen LogP contribution in [0.4, 0.5) is 13.2 Å². The van der Waals surface area contributed by atoms with Crippen LogP contribution < -0.4 is 16.8 Å². The lowest BCUT2D eigenvalue weighted by Gasteiger charge is -2.11. The van der Waals surface area contributed by atoms with E-state index in [1.165, 1.54) is 0 Å². The van der Waals surface area contributed by atoms with Crippen LogP contribution in [-0.2, 0) is 11.9 Å². The number of benzene rings is 1. The summed E-state index contributed by atoms with van der Waals surface area (Å²) in [6.07, 6.45) is 3.42. The summed E-state index contributed by atoms with van der Waals surface area (Å²) in [6, 6.07) is 8.60. The predicted molar refractivity (Wildman–Crippen MR) is 71.0 cm³/mol. The largest absolute Gasteiger partial charge is 0.600 e. The first-order valence-corrected chi connectivity index (χ1v) is 10.6. The molecule has 23 heavy (non-hydrogen) atoms. The Kier molecular flexibility index (Phi) is 7.43. The number of unbranched alkanes of at least 4 members (excludes halogenated alkanes) is 2. The molecule has 1 heterocycles. The highest BCUT2D eigenvalue weighted by Crippen LogP contribution is 2.51. The van der Waals surface area contributed by atoms with Gasteiger partial charge < -0.3 is 0 Å². The molecule has 2 rings (SSSR count).